The van der Waals surface area contributed by atoms with Gasteiger partial charge in [-0.1, -0.05) is 28.1 Å². The number of rotatable bonds is 1. The van der Waals surface area contributed by atoms with Crippen LogP contribution in [0.3, 0.4) is 0 Å². The van der Waals surface area contributed by atoms with Gasteiger partial charge in [0.05, 0.1) is 0 Å². The first-order chi connectivity index (χ1) is 6.10. The summed E-state index contributed by atoms with van der Waals surface area (Å²) in [6.07, 6.45) is 0.177. The molecule has 1 aliphatic carbocycles. The molecule has 0 aromatic heterocycles. The minimum absolute atomic E-state index is 0.427. The first kappa shape index (κ1) is 9.16. The molecule has 1 fully saturated rings. The van der Waals surface area contributed by atoms with Crippen molar-refractivity contribution in [3.63, 3.8) is 0 Å². The molecule has 1 aliphatic rings. The van der Waals surface area contributed by atoms with E-state index in [0.29, 0.717) is 12.8 Å². The molecule has 0 unspecified atom stereocenters. The Morgan fingerprint density at radius 2 is 2.15 bits per heavy atom. The van der Waals surface area contributed by atoms with E-state index in [2.05, 4.69) is 15.9 Å². The van der Waals surface area contributed by atoms with Gasteiger partial charge < -0.3 is 5.73 Å². The van der Waals surface area contributed by atoms with Gasteiger partial charge in [-0.25, -0.2) is 4.39 Å². The average molecular weight is 244 g/mol. The van der Waals surface area contributed by atoms with Gasteiger partial charge in [0, 0.05) is 22.9 Å². The topological polar surface area (TPSA) is 26.0 Å². The summed E-state index contributed by atoms with van der Waals surface area (Å²) in [6, 6.07) is 7.79. The van der Waals surface area contributed by atoms with E-state index in [4.69, 9.17) is 5.73 Å². The SMILES string of the molecule is NC1(c2cccc(Br)c2)CC(F)C1. The van der Waals surface area contributed by atoms with Gasteiger partial charge in [-0.05, 0) is 17.7 Å². The van der Waals surface area contributed by atoms with Crippen molar-refractivity contribution in [1.29, 1.82) is 0 Å². The molecule has 0 saturated heterocycles. The van der Waals surface area contributed by atoms with E-state index >= 15 is 0 Å². The fraction of sp³-hybridized carbons (Fsp3) is 0.400. The Bertz CT molecular complexity index is 320. The summed E-state index contributed by atoms with van der Waals surface area (Å²) in [5.41, 5.74) is 6.62. The lowest BCUT2D eigenvalue weighted by Crippen LogP contribution is -2.50. The van der Waals surface area contributed by atoms with E-state index in [1.807, 2.05) is 24.3 Å². The zero-order valence-corrected chi connectivity index (χ0v) is 8.72. The van der Waals surface area contributed by atoms with Crippen molar-refractivity contribution < 1.29 is 4.39 Å². The van der Waals surface area contributed by atoms with Crippen LogP contribution in [0.15, 0.2) is 28.7 Å². The van der Waals surface area contributed by atoms with Gasteiger partial charge in [0.1, 0.15) is 6.17 Å². The number of hydrogen-bond donors (Lipinski definition) is 1. The third-order valence-corrected chi connectivity index (χ3v) is 3.06. The molecule has 0 heterocycles. The Hall–Kier alpha value is -0.410. The normalized spacial score (nSPS) is 32.7. The van der Waals surface area contributed by atoms with Crippen LogP contribution in [0.2, 0.25) is 0 Å². The molecule has 1 saturated carbocycles. The van der Waals surface area contributed by atoms with Crippen LogP contribution in [-0.4, -0.2) is 6.17 Å². The van der Waals surface area contributed by atoms with Gasteiger partial charge in [0.25, 0.3) is 0 Å². The van der Waals surface area contributed by atoms with Crippen molar-refractivity contribution in [1.82, 2.24) is 0 Å². The van der Waals surface area contributed by atoms with Crippen molar-refractivity contribution in [2.24, 2.45) is 5.73 Å². The molecular formula is C10H11BrFN. The van der Waals surface area contributed by atoms with Gasteiger partial charge in [0.15, 0.2) is 0 Å². The van der Waals surface area contributed by atoms with Crippen LogP contribution in [-0.2, 0) is 5.54 Å². The van der Waals surface area contributed by atoms with Gasteiger partial charge in [-0.15, -0.1) is 0 Å². The van der Waals surface area contributed by atoms with Crippen LogP contribution >= 0.6 is 15.9 Å². The third-order valence-electron chi connectivity index (χ3n) is 2.57. The lowest BCUT2D eigenvalue weighted by molar-refractivity contribution is 0.0985. The summed E-state index contributed by atoms with van der Waals surface area (Å²) in [7, 11) is 0. The molecule has 3 heteroatoms. The van der Waals surface area contributed by atoms with Crippen molar-refractivity contribution in [2.75, 3.05) is 0 Å². The van der Waals surface area contributed by atoms with Crippen molar-refractivity contribution in [3.8, 4) is 0 Å². The molecule has 1 aromatic rings. The molecule has 13 heavy (non-hydrogen) atoms. The molecule has 0 bridgehead atoms. The molecule has 0 spiro atoms. The average Bonchev–Trinajstić information content (AvgIpc) is 2.02. The second-order valence-electron chi connectivity index (χ2n) is 3.67. The Labute approximate surface area is 85.3 Å². The molecule has 1 nitrogen and oxygen atoms in total. The highest BCUT2D eigenvalue weighted by Gasteiger charge is 2.42. The molecule has 0 aliphatic heterocycles. The van der Waals surface area contributed by atoms with Gasteiger partial charge in [-0.3, -0.25) is 0 Å². The van der Waals surface area contributed by atoms with Crippen LogP contribution in [0.25, 0.3) is 0 Å². The smallest absolute Gasteiger partial charge is 0.104 e. The second kappa shape index (κ2) is 3.07. The highest BCUT2D eigenvalue weighted by Crippen LogP contribution is 2.41. The van der Waals surface area contributed by atoms with Crippen molar-refractivity contribution in [3.05, 3.63) is 34.3 Å². The number of halogens is 2. The Balaban J connectivity index is 2.26. The number of benzene rings is 1. The molecule has 1 aromatic carbocycles. The van der Waals surface area contributed by atoms with Crippen LogP contribution in [0.1, 0.15) is 18.4 Å². The Morgan fingerprint density at radius 1 is 1.46 bits per heavy atom. The fourth-order valence-electron chi connectivity index (χ4n) is 1.76. The highest BCUT2D eigenvalue weighted by molar-refractivity contribution is 9.10. The summed E-state index contributed by atoms with van der Waals surface area (Å²) >= 11 is 3.37. The van der Waals surface area contributed by atoms with Gasteiger partial charge in [-0.2, -0.15) is 0 Å². The summed E-state index contributed by atoms with van der Waals surface area (Å²) < 4.78 is 13.7. The minimum Gasteiger partial charge on any atom is -0.321 e. The maximum Gasteiger partial charge on any atom is 0.104 e. The third kappa shape index (κ3) is 1.63. The molecule has 0 atom stereocenters. The van der Waals surface area contributed by atoms with E-state index < -0.39 is 11.7 Å². The first-order valence-corrected chi connectivity index (χ1v) is 5.08. The predicted molar refractivity (Wildman–Crippen MR) is 54.1 cm³/mol. The van der Waals surface area contributed by atoms with Gasteiger partial charge in [0.2, 0.25) is 0 Å². The van der Waals surface area contributed by atoms with Crippen molar-refractivity contribution >= 4 is 15.9 Å². The standard InChI is InChI=1S/C10H11BrFN/c11-8-3-1-2-7(4-8)10(13)5-9(12)6-10/h1-4,9H,5-6,13H2. The monoisotopic (exact) mass is 243 g/mol. The largest absolute Gasteiger partial charge is 0.321 e. The van der Waals surface area contributed by atoms with Crippen LogP contribution in [0.4, 0.5) is 4.39 Å². The van der Waals surface area contributed by atoms with E-state index in [9.17, 15) is 4.39 Å². The molecular weight excluding hydrogens is 233 g/mol. The second-order valence-corrected chi connectivity index (χ2v) is 4.59. The fourth-order valence-corrected chi connectivity index (χ4v) is 2.16. The quantitative estimate of drug-likeness (QED) is 0.807. The Morgan fingerprint density at radius 3 is 2.69 bits per heavy atom. The lowest BCUT2D eigenvalue weighted by Gasteiger charge is -2.41. The Kier molecular flexibility index (Phi) is 2.16. The van der Waals surface area contributed by atoms with Gasteiger partial charge >= 0.3 is 0 Å². The number of hydrogen-bond acceptors (Lipinski definition) is 1. The first-order valence-electron chi connectivity index (χ1n) is 4.29. The van der Waals surface area contributed by atoms with E-state index in [-0.39, 0.29) is 0 Å². The maximum absolute atomic E-state index is 12.7. The van der Waals surface area contributed by atoms with Crippen LogP contribution in [0.5, 0.6) is 0 Å². The zero-order chi connectivity index (χ0) is 9.47. The molecule has 2 rings (SSSR count). The molecule has 0 radical (unpaired) electrons. The van der Waals surface area contributed by atoms with Crippen molar-refractivity contribution in [2.45, 2.75) is 24.6 Å². The summed E-state index contributed by atoms with van der Waals surface area (Å²) in [6.45, 7) is 0. The number of alkyl halides is 1. The summed E-state index contributed by atoms with van der Waals surface area (Å²) in [4.78, 5) is 0. The highest BCUT2D eigenvalue weighted by atomic mass is 79.9. The maximum atomic E-state index is 12.7. The lowest BCUT2D eigenvalue weighted by atomic mass is 9.71. The predicted octanol–water partition coefficient (Wildman–Crippen LogP) is 2.74. The minimum atomic E-state index is -0.719. The molecule has 2 N–H and O–H groups in total. The molecule has 70 valence electrons. The number of nitrogens with two attached hydrogens (primary N) is 1. The van der Waals surface area contributed by atoms with E-state index in [0.717, 1.165) is 10.0 Å². The molecule has 0 amide bonds. The van der Waals surface area contributed by atoms with Crippen LogP contribution < -0.4 is 5.73 Å². The zero-order valence-electron chi connectivity index (χ0n) is 7.13. The summed E-state index contributed by atoms with van der Waals surface area (Å²) in [5.74, 6) is 0. The van der Waals surface area contributed by atoms with E-state index in [1.165, 1.54) is 0 Å². The summed E-state index contributed by atoms with van der Waals surface area (Å²) in [5, 5.41) is 0. The van der Waals surface area contributed by atoms with Crippen LogP contribution in [0, 0.1) is 0 Å². The van der Waals surface area contributed by atoms with E-state index in [1.54, 1.807) is 0 Å².